The van der Waals surface area contributed by atoms with Crippen LogP contribution in [0.1, 0.15) is 6.92 Å². The average molecular weight is 253 g/mol. The van der Waals surface area contributed by atoms with Crippen LogP contribution in [0.4, 0.5) is 17.1 Å². The molecule has 0 fully saturated rings. The van der Waals surface area contributed by atoms with E-state index in [4.69, 9.17) is 4.74 Å². The Bertz CT molecular complexity index is 448. The molecule has 1 rings (SSSR count). The van der Waals surface area contributed by atoms with Crippen LogP contribution in [0.5, 0.6) is 0 Å². The summed E-state index contributed by atoms with van der Waals surface area (Å²) in [7, 11) is 1.66. The summed E-state index contributed by atoms with van der Waals surface area (Å²) in [5.74, 6) is -0.407. The molecule has 7 nitrogen and oxygen atoms in total. The van der Waals surface area contributed by atoms with E-state index in [1.165, 1.54) is 12.1 Å². The number of nitro benzene ring substituents is 1. The number of carbonyl (C=O) groups is 1. The second-order valence-electron chi connectivity index (χ2n) is 3.43. The number of esters is 1. The summed E-state index contributed by atoms with van der Waals surface area (Å²) >= 11 is 0. The number of benzene rings is 1. The molecular weight excluding hydrogens is 238 g/mol. The SMILES string of the molecule is CCOC(=O)CNc1cc(NC)cc([N+](=O)[O-])c1. The van der Waals surface area contributed by atoms with Crippen LogP contribution in [0.15, 0.2) is 18.2 Å². The normalized spacial score (nSPS) is 9.67. The van der Waals surface area contributed by atoms with Gasteiger partial charge in [0.2, 0.25) is 0 Å². The fourth-order valence-electron chi connectivity index (χ4n) is 1.35. The number of non-ortho nitro benzene ring substituents is 1. The molecule has 7 heteroatoms. The van der Waals surface area contributed by atoms with Crippen molar-refractivity contribution in [3.8, 4) is 0 Å². The van der Waals surface area contributed by atoms with Crippen molar-refractivity contribution in [1.82, 2.24) is 0 Å². The standard InChI is InChI=1S/C11H15N3O4/c1-3-18-11(15)7-13-9-4-8(12-2)5-10(6-9)14(16)17/h4-6,12-13H,3,7H2,1-2H3. The summed E-state index contributed by atoms with van der Waals surface area (Å²) < 4.78 is 4.75. The highest BCUT2D eigenvalue weighted by atomic mass is 16.6. The Labute approximate surface area is 104 Å². The third kappa shape index (κ3) is 3.93. The fraction of sp³-hybridized carbons (Fsp3) is 0.364. The Hall–Kier alpha value is -2.31. The van der Waals surface area contributed by atoms with E-state index < -0.39 is 10.9 Å². The third-order valence-electron chi connectivity index (χ3n) is 2.16. The lowest BCUT2D eigenvalue weighted by Gasteiger charge is -2.08. The van der Waals surface area contributed by atoms with Gasteiger partial charge in [0.05, 0.1) is 11.5 Å². The van der Waals surface area contributed by atoms with E-state index >= 15 is 0 Å². The van der Waals surface area contributed by atoms with Gasteiger partial charge in [0.25, 0.3) is 5.69 Å². The predicted octanol–water partition coefficient (Wildman–Crippen LogP) is 1.61. The maximum atomic E-state index is 11.2. The zero-order valence-corrected chi connectivity index (χ0v) is 10.2. The lowest BCUT2D eigenvalue weighted by Crippen LogP contribution is -2.16. The van der Waals surface area contributed by atoms with Crippen molar-refractivity contribution in [2.75, 3.05) is 30.8 Å². The van der Waals surface area contributed by atoms with Gasteiger partial charge in [-0.2, -0.15) is 0 Å². The number of nitrogens with zero attached hydrogens (tertiary/aromatic N) is 1. The summed E-state index contributed by atoms with van der Waals surface area (Å²) in [5.41, 5.74) is 1.03. The molecule has 0 radical (unpaired) electrons. The number of hydrogen-bond acceptors (Lipinski definition) is 6. The van der Waals surface area contributed by atoms with Crippen molar-refractivity contribution in [2.45, 2.75) is 6.92 Å². The minimum atomic E-state index is -0.490. The van der Waals surface area contributed by atoms with Crippen molar-refractivity contribution in [3.05, 3.63) is 28.3 Å². The summed E-state index contributed by atoms with van der Waals surface area (Å²) in [4.78, 5) is 21.4. The lowest BCUT2D eigenvalue weighted by atomic mass is 10.2. The van der Waals surface area contributed by atoms with Crippen LogP contribution in [0.2, 0.25) is 0 Å². The van der Waals surface area contributed by atoms with E-state index in [9.17, 15) is 14.9 Å². The first-order valence-electron chi connectivity index (χ1n) is 5.43. The Morgan fingerprint density at radius 1 is 1.39 bits per heavy atom. The summed E-state index contributed by atoms with van der Waals surface area (Å²) in [6, 6.07) is 4.45. The van der Waals surface area contributed by atoms with Gasteiger partial charge < -0.3 is 15.4 Å². The maximum Gasteiger partial charge on any atom is 0.325 e. The van der Waals surface area contributed by atoms with Crippen molar-refractivity contribution in [1.29, 1.82) is 0 Å². The number of rotatable bonds is 6. The highest BCUT2D eigenvalue weighted by molar-refractivity contribution is 5.76. The minimum absolute atomic E-state index is 0.0296. The number of carbonyl (C=O) groups excluding carboxylic acids is 1. The molecule has 1 aromatic carbocycles. The van der Waals surface area contributed by atoms with Crippen LogP contribution < -0.4 is 10.6 Å². The van der Waals surface area contributed by atoms with E-state index in [1.807, 2.05) is 0 Å². The smallest absolute Gasteiger partial charge is 0.325 e. The summed E-state index contributed by atoms with van der Waals surface area (Å²) in [6.07, 6.45) is 0. The Morgan fingerprint density at radius 3 is 2.61 bits per heavy atom. The second kappa shape index (κ2) is 6.43. The topological polar surface area (TPSA) is 93.5 Å². The molecule has 0 amide bonds. The van der Waals surface area contributed by atoms with Crippen LogP contribution in [-0.2, 0) is 9.53 Å². The largest absolute Gasteiger partial charge is 0.465 e. The molecule has 98 valence electrons. The highest BCUT2D eigenvalue weighted by Crippen LogP contribution is 2.23. The van der Waals surface area contributed by atoms with E-state index in [2.05, 4.69) is 10.6 Å². The number of anilines is 2. The maximum absolute atomic E-state index is 11.2. The van der Waals surface area contributed by atoms with Gasteiger partial charge >= 0.3 is 5.97 Å². The molecule has 0 unspecified atom stereocenters. The first-order valence-corrected chi connectivity index (χ1v) is 5.43. The zero-order valence-electron chi connectivity index (χ0n) is 10.2. The van der Waals surface area contributed by atoms with Gasteiger partial charge in [-0.05, 0) is 13.0 Å². The van der Waals surface area contributed by atoms with Gasteiger partial charge in [-0.25, -0.2) is 0 Å². The first kappa shape index (κ1) is 13.8. The molecule has 0 saturated carbocycles. The van der Waals surface area contributed by atoms with Gasteiger partial charge in [0.15, 0.2) is 0 Å². The molecule has 0 aromatic heterocycles. The third-order valence-corrected chi connectivity index (χ3v) is 2.16. The monoisotopic (exact) mass is 253 g/mol. The number of nitrogens with one attached hydrogen (secondary N) is 2. The molecule has 0 aliphatic heterocycles. The summed E-state index contributed by atoms with van der Waals surface area (Å²) in [6.45, 7) is 1.99. The van der Waals surface area contributed by atoms with E-state index in [0.29, 0.717) is 18.0 Å². The average Bonchev–Trinajstić information content (AvgIpc) is 2.36. The molecule has 0 bridgehead atoms. The predicted molar refractivity (Wildman–Crippen MR) is 67.8 cm³/mol. The highest BCUT2D eigenvalue weighted by Gasteiger charge is 2.10. The molecule has 18 heavy (non-hydrogen) atoms. The van der Waals surface area contributed by atoms with Crippen LogP contribution in [0.25, 0.3) is 0 Å². The number of nitro groups is 1. The van der Waals surface area contributed by atoms with Crippen molar-refractivity contribution in [2.24, 2.45) is 0 Å². The number of hydrogen-bond donors (Lipinski definition) is 2. The van der Waals surface area contributed by atoms with Gasteiger partial charge in [0, 0.05) is 30.6 Å². The fourth-order valence-corrected chi connectivity index (χ4v) is 1.35. The van der Waals surface area contributed by atoms with Crippen LogP contribution in [0, 0.1) is 10.1 Å². The van der Waals surface area contributed by atoms with Gasteiger partial charge in [-0.1, -0.05) is 0 Å². The first-order chi connectivity index (χ1) is 8.56. The minimum Gasteiger partial charge on any atom is -0.465 e. The Balaban J connectivity index is 2.78. The van der Waals surface area contributed by atoms with E-state index in [0.717, 1.165) is 0 Å². The van der Waals surface area contributed by atoms with Crippen molar-refractivity contribution < 1.29 is 14.5 Å². The zero-order chi connectivity index (χ0) is 13.5. The van der Waals surface area contributed by atoms with E-state index in [1.54, 1.807) is 20.0 Å². The molecular formula is C11H15N3O4. The lowest BCUT2D eigenvalue weighted by molar-refractivity contribution is -0.384. The summed E-state index contributed by atoms with van der Waals surface area (Å²) in [5, 5.41) is 16.3. The van der Waals surface area contributed by atoms with Gasteiger partial charge in [-0.15, -0.1) is 0 Å². The van der Waals surface area contributed by atoms with E-state index in [-0.39, 0.29) is 12.2 Å². The Kier molecular flexibility index (Phi) is 4.91. The molecule has 2 N–H and O–H groups in total. The molecule has 0 saturated heterocycles. The van der Waals surface area contributed by atoms with Crippen LogP contribution >= 0.6 is 0 Å². The molecule has 0 aliphatic carbocycles. The van der Waals surface area contributed by atoms with Gasteiger partial charge in [0.1, 0.15) is 6.54 Å². The van der Waals surface area contributed by atoms with Gasteiger partial charge in [-0.3, -0.25) is 14.9 Å². The van der Waals surface area contributed by atoms with Crippen molar-refractivity contribution >= 4 is 23.0 Å². The Morgan fingerprint density at radius 2 is 2.06 bits per heavy atom. The molecule has 0 atom stereocenters. The molecule has 0 heterocycles. The van der Waals surface area contributed by atoms with Crippen LogP contribution in [-0.4, -0.2) is 31.1 Å². The molecule has 1 aromatic rings. The quantitative estimate of drug-likeness (QED) is 0.454. The number of ether oxygens (including phenoxy) is 1. The van der Waals surface area contributed by atoms with Crippen molar-refractivity contribution in [3.63, 3.8) is 0 Å². The molecule has 0 aliphatic rings. The van der Waals surface area contributed by atoms with Crippen LogP contribution in [0.3, 0.4) is 0 Å². The second-order valence-corrected chi connectivity index (χ2v) is 3.43. The molecule has 0 spiro atoms.